The van der Waals surface area contributed by atoms with Crippen LogP contribution in [0.1, 0.15) is 19.4 Å². The van der Waals surface area contributed by atoms with Gasteiger partial charge in [-0.25, -0.2) is 0 Å². The summed E-state index contributed by atoms with van der Waals surface area (Å²) in [6, 6.07) is 10.6. The molecule has 0 atom stereocenters. The Morgan fingerprint density at radius 2 is 1.60 bits per heavy atom. The molecule has 0 fully saturated rings. The van der Waals surface area contributed by atoms with Crippen molar-refractivity contribution in [3.63, 3.8) is 0 Å². The van der Waals surface area contributed by atoms with E-state index in [9.17, 15) is 0 Å². The Balaban J connectivity index is 2.97. The highest BCUT2D eigenvalue weighted by molar-refractivity contribution is 8.17. The van der Waals surface area contributed by atoms with E-state index in [2.05, 4.69) is 44.2 Å². The van der Waals surface area contributed by atoms with Gasteiger partial charge in [-0.05, 0) is 17.1 Å². The fourth-order valence-electron chi connectivity index (χ4n) is 1.52. The second-order valence-electron chi connectivity index (χ2n) is 3.12. The molecule has 84 valence electrons. The van der Waals surface area contributed by atoms with Crippen molar-refractivity contribution in [2.75, 3.05) is 17.4 Å². The van der Waals surface area contributed by atoms with Crippen molar-refractivity contribution in [3.05, 3.63) is 35.9 Å². The zero-order valence-electron chi connectivity index (χ0n) is 9.20. The van der Waals surface area contributed by atoms with Gasteiger partial charge in [0.25, 0.3) is 0 Å². The molecule has 0 aliphatic rings. The highest BCUT2D eigenvalue weighted by atomic mass is 35.5. The van der Waals surface area contributed by atoms with Crippen molar-refractivity contribution < 1.29 is 0 Å². The van der Waals surface area contributed by atoms with Crippen LogP contribution in [0.4, 0.5) is 0 Å². The van der Waals surface area contributed by atoms with Crippen molar-refractivity contribution in [2.24, 2.45) is 0 Å². The van der Waals surface area contributed by atoms with Crippen LogP contribution < -0.4 is 0 Å². The topological polar surface area (TPSA) is 0 Å². The minimum Gasteiger partial charge on any atom is -0.138 e. The lowest BCUT2D eigenvalue weighted by Crippen LogP contribution is -2.20. The lowest BCUT2D eigenvalue weighted by atomic mass is 10.2. The highest BCUT2D eigenvalue weighted by Crippen LogP contribution is 2.47. The molecule has 0 aliphatic heterocycles. The molecule has 1 aromatic rings. The molecular weight excluding hydrogens is 244 g/mol. The molecule has 0 N–H and O–H groups in total. The molecule has 0 saturated carbocycles. The van der Waals surface area contributed by atoms with Crippen molar-refractivity contribution >= 4 is 35.1 Å². The zero-order valence-corrected chi connectivity index (χ0v) is 11.6. The maximum absolute atomic E-state index is 6.17. The van der Waals surface area contributed by atoms with E-state index in [0.717, 1.165) is 11.5 Å². The normalized spacial score (nSPS) is 11.7. The van der Waals surface area contributed by atoms with Gasteiger partial charge >= 0.3 is 0 Å². The Kier molecular flexibility index (Phi) is 5.95. The Labute approximate surface area is 106 Å². The fraction of sp³-hybridized carbons (Fsp3) is 0.500. The van der Waals surface area contributed by atoms with Crippen LogP contribution in [0.5, 0.6) is 0 Å². The number of thioether (sulfide) groups is 2. The Hall–Kier alpha value is 0.210. The van der Waals surface area contributed by atoms with Gasteiger partial charge in [0.1, 0.15) is 0 Å². The highest BCUT2D eigenvalue weighted by Gasteiger charge is 2.31. The number of alkyl halides is 1. The predicted octanol–water partition coefficient (Wildman–Crippen LogP) is 4.58. The summed E-state index contributed by atoms with van der Waals surface area (Å²) in [6.07, 6.45) is 0. The van der Waals surface area contributed by atoms with E-state index in [1.807, 2.05) is 23.5 Å². The number of rotatable bonds is 6. The SMILES string of the molecule is CCSC(CCl)(SCC)c1ccccc1. The standard InChI is InChI=1S/C12H17ClS2/c1-3-14-12(10-13,15-4-2)11-8-6-5-7-9-11/h5-9H,3-4,10H2,1-2H3. The third-order valence-electron chi connectivity index (χ3n) is 2.14. The Morgan fingerprint density at radius 3 is 2.00 bits per heavy atom. The molecule has 0 aromatic heterocycles. The second-order valence-corrected chi connectivity index (χ2v) is 6.77. The van der Waals surface area contributed by atoms with Gasteiger partial charge in [0.15, 0.2) is 0 Å². The molecule has 0 spiro atoms. The smallest absolute Gasteiger partial charge is 0.0994 e. The summed E-state index contributed by atoms with van der Waals surface area (Å²) in [4.78, 5) is 0. The van der Waals surface area contributed by atoms with Crippen LogP contribution >= 0.6 is 35.1 Å². The molecule has 0 aliphatic carbocycles. The molecule has 0 unspecified atom stereocenters. The second kappa shape index (κ2) is 6.72. The van der Waals surface area contributed by atoms with E-state index in [1.165, 1.54) is 5.56 Å². The quantitative estimate of drug-likeness (QED) is 0.542. The van der Waals surface area contributed by atoms with Gasteiger partial charge in [0.2, 0.25) is 0 Å². The number of hydrogen-bond donors (Lipinski definition) is 0. The van der Waals surface area contributed by atoms with Crippen LogP contribution in [0, 0.1) is 0 Å². The summed E-state index contributed by atoms with van der Waals surface area (Å²) in [5.74, 6) is 2.84. The van der Waals surface area contributed by atoms with Gasteiger partial charge in [-0.3, -0.25) is 0 Å². The first-order valence-corrected chi connectivity index (χ1v) is 7.69. The molecule has 0 bridgehead atoms. The fourth-order valence-corrected chi connectivity index (χ4v) is 4.87. The van der Waals surface area contributed by atoms with Crippen molar-refractivity contribution in [1.82, 2.24) is 0 Å². The summed E-state index contributed by atoms with van der Waals surface area (Å²) in [5.41, 5.74) is 1.33. The molecule has 0 amide bonds. The average molecular weight is 261 g/mol. The van der Waals surface area contributed by atoms with Crippen molar-refractivity contribution in [3.8, 4) is 0 Å². The van der Waals surface area contributed by atoms with E-state index < -0.39 is 0 Å². The monoisotopic (exact) mass is 260 g/mol. The van der Waals surface area contributed by atoms with Crippen LogP contribution in [0.25, 0.3) is 0 Å². The van der Waals surface area contributed by atoms with Gasteiger partial charge in [0, 0.05) is 0 Å². The molecule has 0 heterocycles. The largest absolute Gasteiger partial charge is 0.138 e. The summed E-state index contributed by atoms with van der Waals surface area (Å²) in [5, 5.41) is 0. The van der Waals surface area contributed by atoms with Gasteiger partial charge in [-0.1, -0.05) is 44.2 Å². The maximum Gasteiger partial charge on any atom is 0.0994 e. The molecular formula is C12H17ClS2. The third-order valence-corrected chi connectivity index (χ3v) is 5.84. The van der Waals surface area contributed by atoms with Crippen LogP contribution in [0.2, 0.25) is 0 Å². The van der Waals surface area contributed by atoms with Crippen LogP contribution in [-0.4, -0.2) is 17.4 Å². The first kappa shape index (κ1) is 13.3. The van der Waals surface area contributed by atoms with E-state index in [1.54, 1.807) is 0 Å². The van der Waals surface area contributed by atoms with Crippen LogP contribution in [0.3, 0.4) is 0 Å². The Morgan fingerprint density at radius 1 is 1.07 bits per heavy atom. The van der Waals surface area contributed by atoms with E-state index in [4.69, 9.17) is 11.6 Å². The lowest BCUT2D eigenvalue weighted by Gasteiger charge is -2.30. The van der Waals surface area contributed by atoms with Gasteiger partial charge < -0.3 is 0 Å². The molecule has 0 saturated heterocycles. The maximum atomic E-state index is 6.17. The number of benzene rings is 1. The molecule has 15 heavy (non-hydrogen) atoms. The van der Waals surface area contributed by atoms with Crippen molar-refractivity contribution in [2.45, 2.75) is 17.9 Å². The van der Waals surface area contributed by atoms with Crippen LogP contribution in [-0.2, 0) is 4.08 Å². The average Bonchev–Trinajstić information content (AvgIpc) is 2.30. The van der Waals surface area contributed by atoms with Crippen molar-refractivity contribution in [1.29, 1.82) is 0 Å². The minimum absolute atomic E-state index is 0.0340. The summed E-state index contributed by atoms with van der Waals surface area (Å²) < 4.78 is 0.0340. The van der Waals surface area contributed by atoms with E-state index in [0.29, 0.717) is 5.88 Å². The van der Waals surface area contributed by atoms with E-state index >= 15 is 0 Å². The van der Waals surface area contributed by atoms with Gasteiger partial charge in [0.05, 0.1) is 9.96 Å². The molecule has 0 radical (unpaired) electrons. The van der Waals surface area contributed by atoms with Gasteiger partial charge in [-0.2, -0.15) is 0 Å². The molecule has 1 aromatic carbocycles. The molecule has 1 rings (SSSR count). The summed E-state index contributed by atoms with van der Waals surface area (Å²) in [6.45, 7) is 4.37. The third kappa shape index (κ3) is 3.33. The lowest BCUT2D eigenvalue weighted by molar-refractivity contribution is 1.02. The summed E-state index contributed by atoms with van der Waals surface area (Å²) >= 11 is 10.0. The zero-order chi connectivity index (χ0) is 11.1. The number of hydrogen-bond acceptors (Lipinski definition) is 2. The summed E-state index contributed by atoms with van der Waals surface area (Å²) in [7, 11) is 0. The predicted molar refractivity (Wildman–Crippen MR) is 75.1 cm³/mol. The minimum atomic E-state index is 0.0340. The Bertz CT molecular complexity index is 268. The number of halogens is 1. The first-order valence-electron chi connectivity index (χ1n) is 5.18. The van der Waals surface area contributed by atoms with E-state index in [-0.39, 0.29) is 4.08 Å². The first-order chi connectivity index (χ1) is 7.29. The molecule has 0 nitrogen and oxygen atoms in total. The molecule has 3 heteroatoms. The van der Waals surface area contributed by atoms with Gasteiger partial charge in [-0.15, -0.1) is 35.1 Å². The van der Waals surface area contributed by atoms with Crippen LogP contribution in [0.15, 0.2) is 30.3 Å².